The van der Waals surface area contributed by atoms with Gasteiger partial charge in [0.05, 0.1) is 11.1 Å². The van der Waals surface area contributed by atoms with Crippen LogP contribution in [0.1, 0.15) is 0 Å². The highest BCUT2D eigenvalue weighted by Gasteiger charge is 2.19. The molecule has 1 N–H and O–H groups in total. The Kier molecular flexibility index (Phi) is 6.81. The number of benzene rings is 8. The van der Waals surface area contributed by atoms with E-state index in [1.54, 1.807) is 0 Å². The Bertz CT molecular complexity index is 2860. The second-order valence-electron chi connectivity index (χ2n) is 13.0. The third-order valence-corrected chi connectivity index (χ3v) is 9.92. The Labute approximate surface area is 295 Å². The summed E-state index contributed by atoms with van der Waals surface area (Å²) in [6.45, 7) is 0. The number of hydrogen-bond acceptors (Lipinski definition) is 3. The van der Waals surface area contributed by atoms with Crippen molar-refractivity contribution in [3.63, 3.8) is 0 Å². The Hall–Kier alpha value is -6.84. The van der Waals surface area contributed by atoms with E-state index >= 15 is 0 Å². The smallest absolute Gasteiger partial charge is 0.145 e. The van der Waals surface area contributed by atoms with Crippen molar-refractivity contribution >= 4 is 55.3 Å². The van der Waals surface area contributed by atoms with E-state index < -0.39 is 0 Å². The summed E-state index contributed by atoms with van der Waals surface area (Å²) in [7, 11) is 0. The summed E-state index contributed by atoms with van der Waals surface area (Å²) in [6.07, 6.45) is 0. The lowest BCUT2D eigenvalue weighted by Crippen LogP contribution is -1.93. The fraction of sp³-hybridized carbons (Fsp3) is 0. The predicted molar refractivity (Wildman–Crippen MR) is 212 cm³/mol. The molecule has 51 heavy (non-hydrogen) atoms. The van der Waals surface area contributed by atoms with E-state index in [0.29, 0.717) is 0 Å². The molecule has 3 heteroatoms. The van der Waals surface area contributed by atoms with Crippen molar-refractivity contribution < 1.29 is 8.83 Å². The second-order valence-corrected chi connectivity index (χ2v) is 13.0. The molecule has 0 bridgehead atoms. The minimum Gasteiger partial charge on any atom is -0.456 e. The van der Waals surface area contributed by atoms with Gasteiger partial charge in [-0.1, -0.05) is 133 Å². The monoisotopic (exact) mass is 653 g/mol. The molecular formula is C48H31NO2. The molecule has 10 rings (SSSR count). The molecule has 0 saturated heterocycles. The van der Waals surface area contributed by atoms with Crippen LogP contribution in [0.3, 0.4) is 0 Å². The molecule has 0 radical (unpaired) electrons. The molecule has 3 nitrogen and oxygen atoms in total. The first-order valence-electron chi connectivity index (χ1n) is 17.3. The van der Waals surface area contributed by atoms with Crippen LogP contribution in [0.25, 0.3) is 88.4 Å². The maximum absolute atomic E-state index is 6.68. The Morgan fingerprint density at radius 1 is 0.333 bits per heavy atom. The summed E-state index contributed by atoms with van der Waals surface area (Å²) >= 11 is 0. The van der Waals surface area contributed by atoms with E-state index in [4.69, 9.17) is 8.83 Å². The third kappa shape index (κ3) is 5.06. The van der Waals surface area contributed by atoms with Crippen molar-refractivity contribution in [2.75, 3.05) is 5.32 Å². The molecule has 10 aromatic rings. The van der Waals surface area contributed by atoms with Gasteiger partial charge in [0.15, 0.2) is 0 Å². The van der Waals surface area contributed by atoms with E-state index in [9.17, 15) is 0 Å². The normalized spacial score (nSPS) is 11.5. The molecule has 2 aromatic heterocycles. The standard InChI is InChI=1S/C48H31NO2/c1-2-10-31(11-3-1)32-18-20-33(21-19-32)34-22-25-36(26-23-34)49-43-29-28-41(48-47(43)42-15-7-9-17-45(42)51-48)38-13-5-4-12-37(38)35-24-27-40-39-14-6-8-16-44(39)50-46(40)30-35/h1-30,49H. The van der Waals surface area contributed by atoms with E-state index in [0.717, 1.165) is 77.5 Å². The van der Waals surface area contributed by atoms with Crippen molar-refractivity contribution in [1.29, 1.82) is 0 Å². The summed E-state index contributed by atoms with van der Waals surface area (Å²) in [5, 5.41) is 8.11. The molecule has 8 aromatic carbocycles. The van der Waals surface area contributed by atoms with Gasteiger partial charge in [-0.3, -0.25) is 0 Å². The Morgan fingerprint density at radius 2 is 0.882 bits per heavy atom. The maximum atomic E-state index is 6.68. The highest BCUT2D eigenvalue weighted by molar-refractivity contribution is 6.17. The number of para-hydroxylation sites is 2. The number of nitrogens with one attached hydrogen (secondary N) is 1. The first-order chi connectivity index (χ1) is 25.3. The third-order valence-electron chi connectivity index (χ3n) is 9.92. The van der Waals surface area contributed by atoms with Gasteiger partial charge in [0.25, 0.3) is 0 Å². The second kappa shape index (κ2) is 11.9. The van der Waals surface area contributed by atoms with E-state index in [-0.39, 0.29) is 0 Å². The molecule has 0 aliphatic rings. The number of furan rings is 2. The largest absolute Gasteiger partial charge is 0.456 e. The predicted octanol–water partition coefficient (Wildman–Crippen LogP) is 13.9. The molecule has 0 saturated carbocycles. The molecule has 2 heterocycles. The summed E-state index contributed by atoms with van der Waals surface area (Å²) < 4.78 is 12.9. The Morgan fingerprint density at radius 3 is 1.63 bits per heavy atom. The van der Waals surface area contributed by atoms with Crippen LogP contribution in [-0.4, -0.2) is 0 Å². The fourth-order valence-electron chi connectivity index (χ4n) is 7.39. The quantitative estimate of drug-likeness (QED) is 0.194. The molecule has 0 unspecified atom stereocenters. The van der Waals surface area contributed by atoms with Gasteiger partial charge in [-0.05, 0) is 87.5 Å². The lowest BCUT2D eigenvalue weighted by molar-refractivity contribution is 0.669. The zero-order chi connectivity index (χ0) is 33.7. The van der Waals surface area contributed by atoms with Crippen LogP contribution >= 0.6 is 0 Å². The van der Waals surface area contributed by atoms with Crippen molar-refractivity contribution in [3.8, 4) is 44.5 Å². The van der Waals surface area contributed by atoms with Gasteiger partial charge in [0.1, 0.15) is 22.3 Å². The molecular weight excluding hydrogens is 623 g/mol. The van der Waals surface area contributed by atoms with Crippen LogP contribution in [0.5, 0.6) is 0 Å². The lowest BCUT2D eigenvalue weighted by atomic mass is 9.92. The number of anilines is 2. The van der Waals surface area contributed by atoms with Crippen LogP contribution in [0.2, 0.25) is 0 Å². The van der Waals surface area contributed by atoms with E-state index in [1.807, 2.05) is 30.3 Å². The first-order valence-corrected chi connectivity index (χ1v) is 17.3. The molecule has 0 amide bonds. The summed E-state index contributed by atoms with van der Waals surface area (Å²) in [5.74, 6) is 0. The summed E-state index contributed by atoms with van der Waals surface area (Å²) in [4.78, 5) is 0. The van der Waals surface area contributed by atoms with E-state index in [1.165, 1.54) is 22.3 Å². The van der Waals surface area contributed by atoms with Crippen molar-refractivity contribution in [2.45, 2.75) is 0 Å². The highest BCUT2D eigenvalue weighted by atomic mass is 16.3. The topological polar surface area (TPSA) is 38.3 Å². The number of fused-ring (bicyclic) bond motifs is 6. The highest BCUT2D eigenvalue weighted by Crippen LogP contribution is 2.44. The van der Waals surface area contributed by atoms with Gasteiger partial charge in [-0.25, -0.2) is 0 Å². The summed E-state index contributed by atoms with van der Waals surface area (Å²) in [5.41, 5.74) is 14.7. The van der Waals surface area contributed by atoms with Gasteiger partial charge in [-0.2, -0.15) is 0 Å². The van der Waals surface area contributed by atoms with Crippen LogP contribution in [0, 0.1) is 0 Å². The zero-order valence-electron chi connectivity index (χ0n) is 27.6. The summed E-state index contributed by atoms with van der Waals surface area (Å²) in [6, 6.07) is 63.8. The van der Waals surface area contributed by atoms with Gasteiger partial charge in [0, 0.05) is 27.4 Å². The van der Waals surface area contributed by atoms with Crippen LogP contribution in [0.4, 0.5) is 11.4 Å². The van der Waals surface area contributed by atoms with Crippen LogP contribution in [-0.2, 0) is 0 Å². The van der Waals surface area contributed by atoms with Crippen molar-refractivity contribution in [2.24, 2.45) is 0 Å². The van der Waals surface area contributed by atoms with Gasteiger partial charge in [-0.15, -0.1) is 0 Å². The average Bonchev–Trinajstić information content (AvgIpc) is 3.78. The van der Waals surface area contributed by atoms with Crippen molar-refractivity contribution in [1.82, 2.24) is 0 Å². The molecule has 0 atom stereocenters. The fourth-order valence-corrected chi connectivity index (χ4v) is 7.39. The minimum atomic E-state index is 0.855. The average molecular weight is 654 g/mol. The van der Waals surface area contributed by atoms with E-state index in [2.05, 4.69) is 157 Å². The SMILES string of the molecule is c1ccc(-c2ccc(-c3ccc(Nc4ccc(-c5ccccc5-c5ccc6c(c5)oc5ccccc56)c5oc6ccccc6c45)cc3)cc2)cc1. The minimum absolute atomic E-state index is 0.855. The van der Waals surface area contributed by atoms with Crippen molar-refractivity contribution in [3.05, 3.63) is 182 Å². The molecule has 240 valence electrons. The lowest BCUT2D eigenvalue weighted by Gasteiger charge is -2.14. The van der Waals surface area contributed by atoms with Crippen LogP contribution in [0.15, 0.2) is 191 Å². The zero-order valence-corrected chi connectivity index (χ0v) is 27.6. The molecule has 0 aliphatic heterocycles. The molecule has 0 fully saturated rings. The van der Waals surface area contributed by atoms with Gasteiger partial charge in [0.2, 0.25) is 0 Å². The van der Waals surface area contributed by atoms with Crippen LogP contribution < -0.4 is 5.32 Å². The maximum Gasteiger partial charge on any atom is 0.145 e. The Balaban J connectivity index is 1.02. The van der Waals surface area contributed by atoms with Gasteiger partial charge < -0.3 is 14.2 Å². The number of rotatable bonds is 6. The van der Waals surface area contributed by atoms with Gasteiger partial charge >= 0.3 is 0 Å². The first kappa shape index (κ1) is 29.1. The molecule has 0 aliphatic carbocycles. The number of hydrogen-bond donors (Lipinski definition) is 1. The molecule has 0 spiro atoms.